The second-order valence-electron chi connectivity index (χ2n) is 4.33. The summed E-state index contributed by atoms with van der Waals surface area (Å²) in [6.07, 6.45) is 2.12. The number of benzene rings is 1. The van der Waals surface area contributed by atoms with Crippen molar-refractivity contribution in [2.45, 2.75) is 19.4 Å². The van der Waals surface area contributed by atoms with Crippen LogP contribution in [0.15, 0.2) is 41.7 Å². The summed E-state index contributed by atoms with van der Waals surface area (Å²) >= 11 is 0. The Kier molecular flexibility index (Phi) is 4.14. The fourth-order valence-corrected chi connectivity index (χ4v) is 1.98. The van der Waals surface area contributed by atoms with E-state index in [1.807, 2.05) is 31.2 Å². The summed E-state index contributed by atoms with van der Waals surface area (Å²) in [5, 5.41) is 15.1. The fourth-order valence-electron chi connectivity index (χ4n) is 1.98. The van der Waals surface area contributed by atoms with Crippen molar-refractivity contribution in [3.8, 4) is 0 Å². The van der Waals surface area contributed by atoms with Crippen LogP contribution >= 0.6 is 0 Å². The van der Waals surface area contributed by atoms with Gasteiger partial charge in [0, 0.05) is 11.6 Å². The Morgan fingerprint density at radius 1 is 1.45 bits per heavy atom. The second-order valence-corrected chi connectivity index (χ2v) is 4.33. The van der Waals surface area contributed by atoms with Crippen molar-refractivity contribution >= 4 is 22.6 Å². The molecule has 6 heteroatoms. The first kappa shape index (κ1) is 13.8. The summed E-state index contributed by atoms with van der Waals surface area (Å²) < 4.78 is 0. The van der Waals surface area contributed by atoms with Gasteiger partial charge >= 0.3 is 0 Å². The van der Waals surface area contributed by atoms with Gasteiger partial charge in [-0.2, -0.15) is 0 Å². The molecule has 0 aliphatic carbocycles. The van der Waals surface area contributed by atoms with Crippen LogP contribution in [0.1, 0.15) is 23.7 Å². The molecule has 0 spiro atoms. The molecule has 0 fully saturated rings. The molecule has 0 aliphatic heterocycles. The standard InChI is InChI=1S/C14H16N4O2/c1-2-11(13(15)18-20)17-14(19)10-7-8-16-12-6-4-3-5-9(10)12/h3-8,11,20H,2H2,1H3,(H2,15,18)(H,17,19). The van der Waals surface area contributed by atoms with Crippen molar-refractivity contribution in [2.75, 3.05) is 0 Å². The monoisotopic (exact) mass is 272 g/mol. The molecule has 1 aromatic heterocycles. The zero-order valence-corrected chi connectivity index (χ0v) is 11.1. The van der Waals surface area contributed by atoms with E-state index in [4.69, 9.17) is 10.9 Å². The van der Waals surface area contributed by atoms with E-state index in [1.54, 1.807) is 12.3 Å². The van der Waals surface area contributed by atoms with Crippen LogP contribution in [0.5, 0.6) is 0 Å². The van der Waals surface area contributed by atoms with E-state index in [0.29, 0.717) is 12.0 Å². The number of oxime groups is 1. The third kappa shape index (κ3) is 2.69. The minimum atomic E-state index is -0.501. The summed E-state index contributed by atoms with van der Waals surface area (Å²) in [5.41, 5.74) is 6.80. The number of hydrogen-bond acceptors (Lipinski definition) is 4. The van der Waals surface area contributed by atoms with Gasteiger partial charge in [0.2, 0.25) is 0 Å². The fraction of sp³-hybridized carbons (Fsp3) is 0.214. The number of aromatic nitrogens is 1. The third-order valence-electron chi connectivity index (χ3n) is 3.08. The van der Waals surface area contributed by atoms with Gasteiger partial charge < -0.3 is 16.3 Å². The van der Waals surface area contributed by atoms with Crippen LogP contribution < -0.4 is 11.1 Å². The molecule has 1 heterocycles. The van der Waals surface area contributed by atoms with Crippen molar-refractivity contribution in [1.29, 1.82) is 0 Å². The number of carbonyl (C=O) groups excluding carboxylic acids is 1. The molecule has 2 rings (SSSR count). The largest absolute Gasteiger partial charge is 0.409 e. The third-order valence-corrected chi connectivity index (χ3v) is 3.08. The lowest BCUT2D eigenvalue weighted by atomic mass is 10.1. The molecule has 1 amide bonds. The Labute approximate surface area is 116 Å². The molecule has 20 heavy (non-hydrogen) atoms. The molecule has 6 nitrogen and oxygen atoms in total. The number of nitrogens with two attached hydrogens (primary N) is 1. The zero-order chi connectivity index (χ0) is 14.5. The SMILES string of the molecule is CCC(NC(=O)c1ccnc2ccccc12)/C(N)=N/O. The number of amidine groups is 1. The van der Waals surface area contributed by atoms with Crippen molar-refractivity contribution in [3.05, 3.63) is 42.1 Å². The number of hydrogen-bond donors (Lipinski definition) is 3. The first-order valence-electron chi connectivity index (χ1n) is 6.29. The lowest BCUT2D eigenvalue weighted by molar-refractivity contribution is 0.0947. The minimum absolute atomic E-state index is 0.0146. The number of amides is 1. The molecule has 1 aromatic carbocycles. The number of rotatable bonds is 4. The molecule has 2 aromatic rings. The highest BCUT2D eigenvalue weighted by molar-refractivity contribution is 6.07. The van der Waals surface area contributed by atoms with Gasteiger partial charge in [-0.25, -0.2) is 0 Å². The number of nitrogens with one attached hydrogen (secondary N) is 1. The van der Waals surface area contributed by atoms with Gasteiger partial charge in [0.05, 0.1) is 17.1 Å². The van der Waals surface area contributed by atoms with Gasteiger partial charge in [0.1, 0.15) is 0 Å². The molecule has 4 N–H and O–H groups in total. The summed E-state index contributed by atoms with van der Waals surface area (Å²) in [5.74, 6) is -0.290. The maximum absolute atomic E-state index is 12.3. The van der Waals surface area contributed by atoms with Gasteiger partial charge in [-0.05, 0) is 18.6 Å². The Bertz CT molecular complexity index is 649. The molecule has 0 saturated heterocycles. The van der Waals surface area contributed by atoms with E-state index in [9.17, 15) is 4.79 Å². The first-order valence-corrected chi connectivity index (χ1v) is 6.29. The van der Waals surface area contributed by atoms with E-state index in [1.165, 1.54) is 0 Å². The van der Waals surface area contributed by atoms with Crippen molar-refractivity contribution in [3.63, 3.8) is 0 Å². The predicted molar refractivity (Wildman–Crippen MR) is 76.7 cm³/mol. The van der Waals surface area contributed by atoms with Crippen LogP contribution in [-0.2, 0) is 0 Å². The van der Waals surface area contributed by atoms with Crippen molar-refractivity contribution in [1.82, 2.24) is 10.3 Å². The summed E-state index contributed by atoms with van der Waals surface area (Å²) in [7, 11) is 0. The number of pyridine rings is 1. The molecular formula is C14H16N4O2. The highest BCUT2D eigenvalue weighted by atomic mass is 16.4. The molecule has 0 aliphatic rings. The minimum Gasteiger partial charge on any atom is -0.409 e. The van der Waals surface area contributed by atoms with E-state index in [2.05, 4.69) is 15.5 Å². The molecule has 104 valence electrons. The Morgan fingerprint density at radius 2 is 2.20 bits per heavy atom. The van der Waals surface area contributed by atoms with Gasteiger partial charge in [0.25, 0.3) is 5.91 Å². The Balaban J connectivity index is 2.32. The molecule has 0 radical (unpaired) electrons. The molecule has 1 atom stereocenters. The number of para-hydroxylation sites is 1. The average molecular weight is 272 g/mol. The topological polar surface area (TPSA) is 101 Å². The summed E-state index contributed by atoms with van der Waals surface area (Å²) in [6, 6.07) is 8.54. The molecule has 0 saturated carbocycles. The lowest BCUT2D eigenvalue weighted by Gasteiger charge is -2.15. The van der Waals surface area contributed by atoms with Crippen LogP contribution in [0.3, 0.4) is 0 Å². The maximum atomic E-state index is 12.3. The van der Waals surface area contributed by atoms with Gasteiger partial charge in [-0.15, -0.1) is 0 Å². The zero-order valence-electron chi connectivity index (χ0n) is 11.1. The van der Waals surface area contributed by atoms with Gasteiger partial charge in [-0.3, -0.25) is 9.78 Å². The quantitative estimate of drug-likeness (QED) is 0.340. The van der Waals surface area contributed by atoms with Crippen LogP contribution in [0.25, 0.3) is 10.9 Å². The number of fused-ring (bicyclic) bond motifs is 1. The number of carbonyl (C=O) groups is 1. The summed E-state index contributed by atoms with van der Waals surface area (Å²) in [4.78, 5) is 16.5. The lowest BCUT2D eigenvalue weighted by Crippen LogP contribution is -2.44. The van der Waals surface area contributed by atoms with E-state index < -0.39 is 6.04 Å². The summed E-state index contributed by atoms with van der Waals surface area (Å²) in [6.45, 7) is 1.84. The van der Waals surface area contributed by atoms with Crippen LogP contribution in [-0.4, -0.2) is 28.0 Å². The molecular weight excluding hydrogens is 256 g/mol. The normalized spacial score (nSPS) is 13.2. The van der Waals surface area contributed by atoms with Crippen molar-refractivity contribution < 1.29 is 10.0 Å². The van der Waals surface area contributed by atoms with Crippen LogP contribution in [0.4, 0.5) is 0 Å². The van der Waals surface area contributed by atoms with Gasteiger partial charge in [0.15, 0.2) is 5.84 Å². The highest BCUT2D eigenvalue weighted by Crippen LogP contribution is 2.16. The Hall–Kier alpha value is -2.63. The highest BCUT2D eigenvalue weighted by Gasteiger charge is 2.17. The predicted octanol–water partition coefficient (Wildman–Crippen LogP) is 1.49. The smallest absolute Gasteiger partial charge is 0.252 e. The van der Waals surface area contributed by atoms with E-state index >= 15 is 0 Å². The van der Waals surface area contributed by atoms with Gasteiger partial charge in [-0.1, -0.05) is 30.3 Å². The first-order chi connectivity index (χ1) is 9.67. The molecule has 1 unspecified atom stereocenters. The second kappa shape index (κ2) is 6.01. The van der Waals surface area contributed by atoms with Crippen LogP contribution in [0, 0.1) is 0 Å². The average Bonchev–Trinajstić information content (AvgIpc) is 2.51. The number of nitrogens with zero attached hydrogens (tertiary/aromatic N) is 2. The van der Waals surface area contributed by atoms with Crippen molar-refractivity contribution in [2.24, 2.45) is 10.9 Å². The Morgan fingerprint density at radius 3 is 2.90 bits per heavy atom. The maximum Gasteiger partial charge on any atom is 0.252 e. The van der Waals surface area contributed by atoms with Crippen LogP contribution in [0.2, 0.25) is 0 Å². The van der Waals surface area contributed by atoms with E-state index in [-0.39, 0.29) is 11.7 Å². The molecule has 0 bridgehead atoms. The van der Waals surface area contributed by atoms with E-state index in [0.717, 1.165) is 10.9 Å².